The molecule has 0 bridgehead atoms. The van der Waals surface area contributed by atoms with Crippen LogP contribution in [0.3, 0.4) is 0 Å². The maximum Gasteiger partial charge on any atom is 0.246 e. The van der Waals surface area contributed by atoms with E-state index in [1.165, 1.54) is 0 Å². The van der Waals surface area contributed by atoms with E-state index in [0.717, 1.165) is 0 Å². The Morgan fingerprint density at radius 3 is 2.54 bits per heavy atom. The molecule has 0 heterocycles. The summed E-state index contributed by atoms with van der Waals surface area (Å²) in [4.78, 5) is 11.2. The van der Waals surface area contributed by atoms with Crippen LogP contribution in [0.15, 0.2) is 0 Å². The van der Waals surface area contributed by atoms with Crippen molar-refractivity contribution < 1.29 is 9.53 Å². The highest BCUT2D eigenvalue weighted by molar-refractivity contribution is 6.18. The number of rotatable bonds is 6. The van der Waals surface area contributed by atoms with Gasteiger partial charge in [0.25, 0.3) is 0 Å². The molecule has 1 unspecified atom stereocenters. The zero-order valence-corrected chi connectivity index (χ0v) is 9.23. The van der Waals surface area contributed by atoms with Crippen LogP contribution in [0.25, 0.3) is 0 Å². The van der Waals surface area contributed by atoms with Crippen molar-refractivity contribution in [1.82, 2.24) is 5.32 Å². The van der Waals surface area contributed by atoms with Crippen LogP contribution in [0.2, 0.25) is 0 Å². The summed E-state index contributed by atoms with van der Waals surface area (Å²) in [7, 11) is 0. The van der Waals surface area contributed by atoms with Gasteiger partial charge in [-0.05, 0) is 12.8 Å². The summed E-state index contributed by atoms with van der Waals surface area (Å²) in [5.41, 5.74) is 0. The normalized spacial score (nSPS) is 13.0. The fraction of sp³-hybridized carbons (Fsp3) is 0.889. The number of ether oxygens (including phenoxy) is 1. The average Bonchev–Trinajstić information content (AvgIpc) is 2.10. The molecule has 0 aliphatic rings. The predicted octanol–water partition coefficient (Wildman–Crippen LogP) is 1.40. The minimum absolute atomic E-state index is 0.0367. The number of nitrogens with one attached hydrogen (secondary N) is 1. The van der Waals surface area contributed by atoms with Gasteiger partial charge in [0.2, 0.25) is 5.91 Å². The minimum atomic E-state index is -0.0961. The second-order valence-electron chi connectivity index (χ2n) is 3.21. The van der Waals surface area contributed by atoms with E-state index in [1.54, 1.807) is 0 Å². The summed E-state index contributed by atoms with van der Waals surface area (Å²) < 4.78 is 4.97. The van der Waals surface area contributed by atoms with Gasteiger partial charge >= 0.3 is 0 Å². The molecule has 0 aliphatic carbocycles. The fourth-order valence-corrected chi connectivity index (χ4v) is 1.26. The Kier molecular flexibility index (Phi) is 7.00. The molecule has 0 saturated carbocycles. The number of amides is 1. The lowest BCUT2D eigenvalue weighted by Crippen LogP contribution is -2.41. The summed E-state index contributed by atoms with van der Waals surface area (Å²) >= 11 is 5.69. The third-order valence-electron chi connectivity index (χ3n) is 1.75. The summed E-state index contributed by atoms with van der Waals surface area (Å²) in [6.45, 7) is 6.58. The lowest BCUT2D eigenvalue weighted by molar-refractivity contribution is -0.126. The van der Waals surface area contributed by atoms with Gasteiger partial charge < -0.3 is 10.1 Å². The highest BCUT2D eigenvalue weighted by Crippen LogP contribution is 2.02. The Morgan fingerprint density at radius 2 is 2.15 bits per heavy atom. The smallest absolute Gasteiger partial charge is 0.246 e. The largest absolute Gasteiger partial charge is 0.372 e. The first-order valence-electron chi connectivity index (χ1n) is 4.54. The van der Waals surface area contributed by atoms with E-state index >= 15 is 0 Å². The van der Waals surface area contributed by atoms with Crippen molar-refractivity contribution in [2.75, 3.05) is 19.1 Å². The van der Waals surface area contributed by atoms with Gasteiger partial charge in [-0.25, -0.2) is 0 Å². The SMILES string of the molecule is CCOCC(=O)NC(CCl)C(C)C. The average molecular weight is 208 g/mol. The summed E-state index contributed by atoms with van der Waals surface area (Å²) in [5, 5.41) is 2.81. The summed E-state index contributed by atoms with van der Waals surface area (Å²) in [6.07, 6.45) is 0. The molecule has 78 valence electrons. The molecule has 3 nitrogen and oxygen atoms in total. The van der Waals surface area contributed by atoms with Crippen molar-refractivity contribution >= 4 is 17.5 Å². The van der Waals surface area contributed by atoms with Crippen LogP contribution in [-0.2, 0) is 9.53 Å². The van der Waals surface area contributed by atoms with Gasteiger partial charge in [-0.3, -0.25) is 4.79 Å². The molecule has 1 amide bonds. The number of hydrogen-bond donors (Lipinski definition) is 1. The number of carbonyl (C=O) groups is 1. The van der Waals surface area contributed by atoms with E-state index in [9.17, 15) is 4.79 Å². The van der Waals surface area contributed by atoms with Crippen molar-refractivity contribution in [1.29, 1.82) is 0 Å². The maximum absolute atomic E-state index is 11.2. The Morgan fingerprint density at radius 1 is 1.54 bits per heavy atom. The van der Waals surface area contributed by atoms with Crippen LogP contribution in [0.4, 0.5) is 0 Å². The van der Waals surface area contributed by atoms with Crippen molar-refractivity contribution in [3.05, 3.63) is 0 Å². The molecule has 13 heavy (non-hydrogen) atoms. The molecule has 0 radical (unpaired) electrons. The minimum Gasteiger partial charge on any atom is -0.372 e. The van der Waals surface area contributed by atoms with Crippen molar-refractivity contribution in [3.8, 4) is 0 Å². The zero-order chi connectivity index (χ0) is 10.3. The van der Waals surface area contributed by atoms with Crippen molar-refractivity contribution in [2.24, 2.45) is 5.92 Å². The Balaban J connectivity index is 3.73. The number of halogens is 1. The molecule has 0 aromatic carbocycles. The third-order valence-corrected chi connectivity index (χ3v) is 2.09. The number of alkyl halides is 1. The molecule has 0 aromatic rings. The van der Waals surface area contributed by atoms with Crippen LogP contribution in [0.1, 0.15) is 20.8 Å². The number of carbonyl (C=O) groups excluding carboxylic acids is 1. The first kappa shape index (κ1) is 12.7. The van der Waals surface area contributed by atoms with Crippen LogP contribution in [0.5, 0.6) is 0 Å². The van der Waals surface area contributed by atoms with E-state index in [2.05, 4.69) is 5.32 Å². The van der Waals surface area contributed by atoms with Crippen LogP contribution >= 0.6 is 11.6 Å². The zero-order valence-electron chi connectivity index (χ0n) is 8.47. The van der Waals surface area contributed by atoms with Gasteiger partial charge in [0.05, 0.1) is 0 Å². The molecule has 0 spiro atoms. The molecule has 0 aromatic heterocycles. The molecule has 4 heteroatoms. The topological polar surface area (TPSA) is 38.3 Å². The first-order chi connectivity index (χ1) is 6.11. The van der Waals surface area contributed by atoms with E-state index < -0.39 is 0 Å². The molecular formula is C9H18ClNO2. The van der Waals surface area contributed by atoms with Gasteiger partial charge in [0.1, 0.15) is 6.61 Å². The summed E-state index contributed by atoms with van der Waals surface area (Å²) in [6, 6.07) is 0.0367. The second-order valence-corrected chi connectivity index (χ2v) is 3.52. The van der Waals surface area contributed by atoms with Crippen LogP contribution in [-0.4, -0.2) is 31.0 Å². The highest BCUT2D eigenvalue weighted by Gasteiger charge is 2.14. The van der Waals surface area contributed by atoms with Crippen molar-refractivity contribution in [3.63, 3.8) is 0 Å². The lowest BCUT2D eigenvalue weighted by atomic mass is 10.1. The number of hydrogen-bond acceptors (Lipinski definition) is 2. The highest BCUT2D eigenvalue weighted by atomic mass is 35.5. The molecule has 0 saturated heterocycles. The molecule has 1 atom stereocenters. The molecule has 1 N–H and O–H groups in total. The Hall–Kier alpha value is -0.280. The van der Waals surface area contributed by atoms with Gasteiger partial charge in [-0.1, -0.05) is 13.8 Å². The summed E-state index contributed by atoms with van der Waals surface area (Å²) in [5.74, 6) is 0.694. The Bertz CT molecular complexity index is 151. The van der Waals surface area contributed by atoms with E-state index in [-0.39, 0.29) is 18.6 Å². The maximum atomic E-state index is 11.2. The molecule has 0 rings (SSSR count). The van der Waals surface area contributed by atoms with Gasteiger partial charge in [-0.2, -0.15) is 0 Å². The predicted molar refractivity (Wildman–Crippen MR) is 54.0 cm³/mol. The van der Waals surface area contributed by atoms with E-state index in [1.807, 2.05) is 20.8 Å². The fourth-order valence-electron chi connectivity index (χ4n) is 0.827. The van der Waals surface area contributed by atoms with Crippen molar-refractivity contribution in [2.45, 2.75) is 26.8 Å². The Labute approximate surface area is 84.8 Å². The van der Waals surface area contributed by atoms with E-state index in [0.29, 0.717) is 18.4 Å². The van der Waals surface area contributed by atoms with Gasteiger partial charge in [-0.15, -0.1) is 11.6 Å². The molecular weight excluding hydrogens is 190 g/mol. The quantitative estimate of drug-likeness (QED) is 0.669. The third kappa shape index (κ3) is 5.88. The van der Waals surface area contributed by atoms with Crippen LogP contribution in [0, 0.1) is 5.92 Å². The van der Waals surface area contributed by atoms with Crippen LogP contribution < -0.4 is 5.32 Å². The lowest BCUT2D eigenvalue weighted by Gasteiger charge is -2.19. The standard InChI is InChI=1S/C9H18ClNO2/c1-4-13-6-9(12)11-8(5-10)7(2)3/h7-8H,4-6H2,1-3H3,(H,11,12). The van der Waals surface area contributed by atoms with Gasteiger partial charge in [0, 0.05) is 18.5 Å². The first-order valence-corrected chi connectivity index (χ1v) is 5.08. The molecule has 0 aliphatic heterocycles. The molecule has 0 fully saturated rings. The van der Waals surface area contributed by atoms with E-state index in [4.69, 9.17) is 16.3 Å². The second kappa shape index (κ2) is 7.15. The van der Waals surface area contributed by atoms with Gasteiger partial charge in [0.15, 0.2) is 0 Å². The monoisotopic (exact) mass is 207 g/mol.